The zero-order valence-electron chi connectivity index (χ0n) is 15.2. The van der Waals surface area contributed by atoms with Crippen LogP contribution in [-0.4, -0.2) is 23.8 Å². The van der Waals surface area contributed by atoms with Crippen molar-refractivity contribution in [3.63, 3.8) is 0 Å². The first-order valence-corrected chi connectivity index (χ1v) is 8.60. The van der Waals surface area contributed by atoms with Crippen LogP contribution in [0.4, 0.5) is 14.5 Å². The molecular formula is C22H18F2N2O2. The Bertz CT molecular complexity index is 989. The zero-order chi connectivity index (χ0) is 20.1. The van der Waals surface area contributed by atoms with E-state index in [0.717, 1.165) is 17.7 Å². The van der Waals surface area contributed by atoms with Gasteiger partial charge >= 0.3 is 0 Å². The average Bonchev–Trinajstić information content (AvgIpc) is 2.71. The number of amides is 2. The van der Waals surface area contributed by atoms with Gasteiger partial charge in [0.1, 0.15) is 0 Å². The normalized spacial score (nSPS) is 10.4. The topological polar surface area (TPSA) is 49.4 Å². The van der Waals surface area contributed by atoms with Crippen LogP contribution < -0.4 is 5.32 Å². The van der Waals surface area contributed by atoms with Crippen LogP contribution in [0.5, 0.6) is 0 Å². The smallest absolute Gasteiger partial charge is 0.255 e. The maximum absolute atomic E-state index is 13.2. The predicted molar refractivity (Wildman–Crippen MR) is 103 cm³/mol. The molecule has 0 radical (unpaired) electrons. The molecule has 4 nitrogen and oxygen atoms in total. The molecular weight excluding hydrogens is 362 g/mol. The fourth-order valence-electron chi connectivity index (χ4n) is 2.69. The molecule has 3 aromatic rings. The molecule has 6 heteroatoms. The van der Waals surface area contributed by atoms with E-state index < -0.39 is 17.5 Å². The molecule has 0 aliphatic carbocycles. The Balaban J connectivity index is 1.65. The molecule has 0 atom stereocenters. The van der Waals surface area contributed by atoms with Crippen molar-refractivity contribution in [2.75, 3.05) is 12.4 Å². The third-order valence-electron chi connectivity index (χ3n) is 4.18. The molecule has 2 amide bonds. The van der Waals surface area contributed by atoms with Crippen molar-refractivity contribution in [1.82, 2.24) is 4.90 Å². The number of benzene rings is 3. The van der Waals surface area contributed by atoms with E-state index in [-0.39, 0.29) is 11.6 Å². The van der Waals surface area contributed by atoms with Gasteiger partial charge in [-0.1, -0.05) is 30.3 Å². The van der Waals surface area contributed by atoms with Crippen molar-refractivity contribution >= 4 is 17.5 Å². The Morgan fingerprint density at radius 2 is 1.50 bits per heavy atom. The number of nitrogens with one attached hydrogen (secondary N) is 1. The van der Waals surface area contributed by atoms with Gasteiger partial charge in [0, 0.05) is 36.5 Å². The minimum Gasteiger partial charge on any atom is -0.337 e. The maximum Gasteiger partial charge on any atom is 0.255 e. The maximum atomic E-state index is 13.2. The first kappa shape index (κ1) is 19.2. The van der Waals surface area contributed by atoms with Gasteiger partial charge in [-0.05, 0) is 42.0 Å². The highest BCUT2D eigenvalue weighted by atomic mass is 19.2. The number of carbonyl (C=O) groups is 2. The van der Waals surface area contributed by atoms with Crippen molar-refractivity contribution in [3.8, 4) is 0 Å². The molecule has 0 aliphatic rings. The van der Waals surface area contributed by atoms with Gasteiger partial charge < -0.3 is 10.2 Å². The van der Waals surface area contributed by atoms with E-state index >= 15 is 0 Å². The number of nitrogens with zero attached hydrogens (tertiary/aromatic N) is 1. The molecule has 1 N–H and O–H groups in total. The van der Waals surface area contributed by atoms with Crippen molar-refractivity contribution in [3.05, 3.63) is 101 Å². The molecule has 0 saturated carbocycles. The lowest BCUT2D eigenvalue weighted by atomic mass is 10.1. The fraction of sp³-hybridized carbons (Fsp3) is 0.0909. The number of hydrogen-bond donors (Lipinski definition) is 1. The Morgan fingerprint density at radius 1 is 0.857 bits per heavy atom. The summed E-state index contributed by atoms with van der Waals surface area (Å²) in [5.41, 5.74) is 1.90. The lowest BCUT2D eigenvalue weighted by Crippen LogP contribution is -2.26. The van der Waals surface area contributed by atoms with E-state index in [0.29, 0.717) is 17.7 Å². The van der Waals surface area contributed by atoms with Crippen LogP contribution >= 0.6 is 0 Å². The minimum absolute atomic E-state index is 0.145. The van der Waals surface area contributed by atoms with Gasteiger partial charge in [-0.25, -0.2) is 8.78 Å². The summed E-state index contributed by atoms with van der Waals surface area (Å²) < 4.78 is 26.2. The molecule has 3 rings (SSSR count). The van der Waals surface area contributed by atoms with Crippen molar-refractivity contribution < 1.29 is 18.4 Å². The summed E-state index contributed by atoms with van der Waals surface area (Å²) in [6.07, 6.45) is 0. The van der Waals surface area contributed by atoms with Crippen molar-refractivity contribution in [2.24, 2.45) is 0 Å². The standard InChI is InChI=1S/C22H18F2N2O2/c1-26(14-15-5-3-2-4-6-15)22(28)17-9-7-16(8-10-17)21(27)25-18-11-12-19(23)20(24)13-18/h2-13H,14H2,1H3,(H,25,27). The fourth-order valence-corrected chi connectivity index (χ4v) is 2.69. The van der Waals surface area contributed by atoms with Crippen LogP contribution in [0.1, 0.15) is 26.3 Å². The molecule has 142 valence electrons. The van der Waals surface area contributed by atoms with Crippen molar-refractivity contribution in [1.29, 1.82) is 0 Å². The highest BCUT2D eigenvalue weighted by Crippen LogP contribution is 2.15. The molecule has 3 aromatic carbocycles. The Hall–Kier alpha value is -3.54. The van der Waals surface area contributed by atoms with E-state index in [4.69, 9.17) is 0 Å². The Morgan fingerprint density at radius 3 is 2.14 bits per heavy atom. The van der Waals surface area contributed by atoms with E-state index in [2.05, 4.69) is 5.32 Å². The molecule has 0 unspecified atom stereocenters. The summed E-state index contributed by atoms with van der Waals surface area (Å²) in [6.45, 7) is 0.470. The second-order valence-electron chi connectivity index (χ2n) is 6.31. The number of anilines is 1. The minimum atomic E-state index is -1.04. The SMILES string of the molecule is CN(Cc1ccccc1)C(=O)c1ccc(C(=O)Nc2ccc(F)c(F)c2)cc1. The van der Waals surface area contributed by atoms with Gasteiger partial charge in [-0.15, -0.1) is 0 Å². The molecule has 0 spiro atoms. The molecule has 0 heterocycles. The lowest BCUT2D eigenvalue weighted by Gasteiger charge is -2.17. The predicted octanol–water partition coefficient (Wildman–Crippen LogP) is 4.49. The zero-order valence-corrected chi connectivity index (χ0v) is 15.2. The second-order valence-corrected chi connectivity index (χ2v) is 6.31. The van der Waals surface area contributed by atoms with E-state index in [1.807, 2.05) is 30.3 Å². The summed E-state index contributed by atoms with van der Waals surface area (Å²) in [5, 5.41) is 2.49. The van der Waals surface area contributed by atoms with E-state index in [9.17, 15) is 18.4 Å². The lowest BCUT2D eigenvalue weighted by molar-refractivity contribution is 0.0784. The van der Waals surface area contributed by atoms with Gasteiger partial charge in [0.2, 0.25) is 0 Å². The van der Waals surface area contributed by atoms with Gasteiger partial charge in [-0.3, -0.25) is 9.59 Å². The molecule has 0 fully saturated rings. The van der Waals surface area contributed by atoms with Gasteiger partial charge in [-0.2, -0.15) is 0 Å². The molecule has 0 aliphatic heterocycles. The average molecular weight is 380 g/mol. The Kier molecular flexibility index (Phi) is 5.79. The Labute approximate surface area is 161 Å². The number of hydrogen-bond acceptors (Lipinski definition) is 2. The third-order valence-corrected chi connectivity index (χ3v) is 4.18. The molecule has 0 saturated heterocycles. The number of halogens is 2. The summed E-state index contributed by atoms with van der Waals surface area (Å²) in [7, 11) is 1.71. The molecule has 0 bridgehead atoms. The monoisotopic (exact) mass is 380 g/mol. The summed E-state index contributed by atoms with van der Waals surface area (Å²) in [5.74, 6) is -2.68. The van der Waals surface area contributed by atoms with Crippen LogP contribution in [0.15, 0.2) is 72.8 Å². The van der Waals surface area contributed by atoms with Crippen LogP contribution in [0.2, 0.25) is 0 Å². The van der Waals surface area contributed by atoms with Crippen LogP contribution in [-0.2, 0) is 6.54 Å². The van der Waals surface area contributed by atoms with Crippen LogP contribution in [0, 0.1) is 11.6 Å². The van der Waals surface area contributed by atoms with Gasteiger partial charge in [0.05, 0.1) is 0 Å². The van der Waals surface area contributed by atoms with Crippen LogP contribution in [0.25, 0.3) is 0 Å². The van der Waals surface area contributed by atoms with Crippen LogP contribution in [0.3, 0.4) is 0 Å². The first-order valence-electron chi connectivity index (χ1n) is 8.60. The van der Waals surface area contributed by atoms with Crippen molar-refractivity contribution in [2.45, 2.75) is 6.54 Å². The quantitative estimate of drug-likeness (QED) is 0.709. The first-order chi connectivity index (χ1) is 13.4. The van der Waals surface area contributed by atoms with E-state index in [1.165, 1.54) is 18.2 Å². The van der Waals surface area contributed by atoms with E-state index in [1.54, 1.807) is 24.1 Å². The largest absolute Gasteiger partial charge is 0.337 e. The molecule has 28 heavy (non-hydrogen) atoms. The number of carbonyl (C=O) groups excluding carboxylic acids is 2. The highest BCUT2D eigenvalue weighted by molar-refractivity contribution is 6.05. The number of rotatable bonds is 5. The highest BCUT2D eigenvalue weighted by Gasteiger charge is 2.14. The second kappa shape index (κ2) is 8.43. The molecule has 0 aromatic heterocycles. The summed E-state index contributed by atoms with van der Waals surface area (Å²) in [4.78, 5) is 26.4. The summed E-state index contributed by atoms with van der Waals surface area (Å²) >= 11 is 0. The van der Waals surface area contributed by atoms with Gasteiger partial charge in [0.15, 0.2) is 11.6 Å². The van der Waals surface area contributed by atoms with Gasteiger partial charge in [0.25, 0.3) is 11.8 Å². The summed E-state index contributed by atoms with van der Waals surface area (Å²) in [6, 6.07) is 18.9. The third kappa shape index (κ3) is 4.59.